The zero-order valence-electron chi connectivity index (χ0n) is 10.3. The van der Waals surface area contributed by atoms with Crippen molar-refractivity contribution in [2.45, 2.75) is 37.8 Å². The molecule has 1 N–H and O–H groups in total. The molecule has 0 atom stereocenters. The second kappa shape index (κ2) is 5.75. The van der Waals surface area contributed by atoms with Crippen LogP contribution >= 0.6 is 0 Å². The van der Waals surface area contributed by atoms with Crippen molar-refractivity contribution in [1.29, 1.82) is 0 Å². The molecule has 0 spiro atoms. The van der Waals surface area contributed by atoms with E-state index in [4.69, 9.17) is 11.2 Å². The molecular formula is C15H19NO. The van der Waals surface area contributed by atoms with E-state index in [0.29, 0.717) is 12.1 Å². The Bertz CT molecular complexity index is 400. The minimum atomic E-state index is 0.449. The minimum absolute atomic E-state index is 0.449. The van der Waals surface area contributed by atoms with E-state index in [1.54, 1.807) is 7.11 Å². The lowest BCUT2D eigenvalue weighted by atomic mass is 9.93. The van der Waals surface area contributed by atoms with Gasteiger partial charge in [-0.2, -0.15) is 0 Å². The summed E-state index contributed by atoms with van der Waals surface area (Å²) in [6.07, 6.45) is 10.5. The molecule has 0 aliphatic heterocycles. The van der Waals surface area contributed by atoms with Crippen molar-refractivity contribution in [1.82, 2.24) is 0 Å². The van der Waals surface area contributed by atoms with Gasteiger partial charge in [-0.15, -0.1) is 6.42 Å². The third-order valence-electron chi connectivity index (χ3n) is 3.41. The van der Waals surface area contributed by atoms with Gasteiger partial charge in [0.2, 0.25) is 0 Å². The summed E-state index contributed by atoms with van der Waals surface area (Å²) in [5.74, 6) is 2.66. The normalized spacial score (nSPS) is 24.0. The van der Waals surface area contributed by atoms with Gasteiger partial charge in [-0.3, -0.25) is 0 Å². The van der Waals surface area contributed by atoms with Gasteiger partial charge >= 0.3 is 0 Å². The van der Waals surface area contributed by atoms with E-state index >= 15 is 0 Å². The number of hydrogen-bond donors (Lipinski definition) is 1. The van der Waals surface area contributed by atoms with Crippen LogP contribution in [0.1, 0.15) is 31.2 Å². The molecule has 1 aromatic carbocycles. The Morgan fingerprint density at radius 3 is 2.71 bits per heavy atom. The van der Waals surface area contributed by atoms with Crippen LogP contribution in [0.2, 0.25) is 0 Å². The highest BCUT2D eigenvalue weighted by atomic mass is 16.5. The van der Waals surface area contributed by atoms with Gasteiger partial charge < -0.3 is 10.1 Å². The predicted octanol–water partition coefficient (Wildman–Crippen LogP) is 3.04. The Hall–Kier alpha value is -1.46. The molecule has 0 amide bonds. The average Bonchev–Trinajstić information content (AvgIpc) is 2.40. The second-order valence-corrected chi connectivity index (χ2v) is 4.58. The lowest BCUT2D eigenvalue weighted by molar-refractivity contribution is 0.0682. The predicted molar refractivity (Wildman–Crippen MR) is 71.1 cm³/mol. The van der Waals surface area contributed by atoms with Crippen molar-refractivity contribution in [3.63, 3.8) is 0 Å². The largest absolute Gasteiger partial charge is 0.382 e. The molecule has 0 aromatic heterocycles. The number of rotatable bonds is 3. The molecular weight excluding hydrogens is 210 g/mol. The number of methoxy groups -OCH3 is 1. The fourth-order valence-electron chi connectivity index (χ4n) is 2.38. The fraction of sp³-hybridized carbons (Fsp3) is 0.467. The first-order valence-corrected chi connectivity index (χ1v) is 6.18. The molecule has 0 radical (unpaired) electrons. The van der Waals surface area contributed by atoms with Crippen molar-refractivity contribution >= 4 is 5.69 Å². The Balaban J connectivity index is 1.91. The van der Waals surface area contributed by atoms with E-state index in [9.17, 15) is 0 Å². The third kappa shape index (κ3) is 3.25. The van der Waals surface area contributed by atoms with Crippen LogP contribution in [0.3, 0.4) is 0 Å². The Morgan fingerprint density at radius 2 is 2.06 bits per heavy atom. The zero-order valence-corrected chi connectivity index (χ0v) is 10.3. The SMILES string of the molecule is C#Cc1cccc(NC2CCC(OC)CC2)c1. The highest BCUT2D eigenvalue weighted by Gasteiger charge is 2.20. The first kappa shape index (κ1) is 12.0. The highest BCUT2D eigenvalue weighted by molar-refractivity contribution is 5.50. The van der Waals surface area contributed by atoms with Crippen molar-refractivity contribution in [3.05, 3.63) is 29.8 Å². The first-order chi connectivity index (χ1) is 8.31. The van der Waals surface area contributed by atoms with Crippen LogP contribution in [0.5, 0.6) is 0 Å². The summed E-state index contributed by atoms with van der Waals surface area (Å²) in [5, 5.41) is 3.55. The quantitative estimate of drug-likeness (QED) is 0.804. The second-order valence-electron chi connectivity index (χ2n) is 4.58. The van der Waals surface area contributed by atoms with Crippen LogP contribution in [0.15, 0.2) is 24.3 Å². The number of nitrogens with one attached hydrogen (secondary N) is 1. The molecule has 0 heterocycles. The molecule has 1 saturated carbocycles. The summed E-state index contributed by atoms with van der Waals surface area (Å²) in [6, 6.07) is 8.60. The molecule has 1 fully saturated rings. The fourth-order valence-corrected chi connectivity index (χ4v) is 2.38. The summed E-state index contributed by atoms with van der Waals surface area (Å²) in [4.78, 5) is 0. The van der Waals surface area contributed by atoms with Gasteiger partial charge in [-0.05, 0) is 43.9 Å². The molecule has 1 aromatic rings. The minimum Gasteiger partial charge on any atom is -0.382 e. The monoisotopic (exact) mass is 229 g/mol. The van der Waals surface area contributed by atoms with E-state index < -0.39 is 0 Å². The lowest BCUT2D eigenvalue weighted by Gasteiger charge is -2.28. The van der Waals surface area contributed by atoms with E-state index in [0.717, 1.165) is 24.1 Å². The van der Waals surface area contributed by atoms with Crippen LogP contribution in [0, 0.1) is 12.3 Å². The van der Waals surface area contributed by atoms with Crippen molar-refractivity contribution in [2.24, 2.45) is 0 Å². The lowest BCUT2D eigenvalue weighted by Crippen LogP contribution is -2.29. The van der Waals surface area contributed by atoms with Crippen LogP contribution in [0.25, 0.3) is 0 Å². The molecule has 1 aliphatic rings. The summed E-state index contributed by atoms with van der Waals surface area (Å²) in [7, 11) is 1.80. The summed E-state index contributed by atoms with van der Waals surface area (Å²) in [5.41, 5.74) is 2.06. The van der Waals surface area contributed by atoms with Crippen molar-refractivity contribution in [3.8, 4) is 12.3 Å². The van der Waals surface area contributed by atoms with Gasteiger partial charge in [0.15, 0.2) is 0 Å². The van der Waals surface area contributed by atoms with E-state index in [-0.39, 0.29) is 0 Å². The van der Waals surface area contributed by atoms with Crippen molar-refractivity contribution < 1.29 is 4.74 Å². The molecule has 0 saturated heterocycles. The standard InChI is InChI=1S/C15H19NO/c1-3-12-5-4-6-14(11-12)16-13-7-9-15(17-2)10-8-13/h1,4-6,11,13,15-16H,7-10H2,2H3. The van der Waals surface area contributed by atoms with Gasteiger partial charge in [0, 0.05) is 24.4 Å². The Kier molecular flexibility index (Phi) is 4.06. The van der Waals surface area contributed by atoms with Gasteiger partial charge in [-0.25, -0.2) is 0 Å². The van der Waals surface area contributed by atoms with Crippen LogP contribution in [0.4, 0.5) is 5.69 Å². The molecule has 90 valence electrons. The van der Waals surface area contributed by atoms with Crippen LogP contribution in [-0.2, 0) is 4.74 Å². The molecule has 1 aliphatic carbocycles. The molecule has 0 unspecified atom stereocenters. The van der Waals surface area contributed by atoms with Gasteiger partial charge in [-0.1, -0.05) is 12.0 Å². The first-order valence-electron chi connectivity index (χ1n) is 6.18. The van der Waals surface area contributed by atoms with Gasteiger partial charge in [0.25, 0.3) is 0 Å². The van der Waals surface area contributed by atoms with Crippen LogP contribution < -0.4 is 5.32 Å². The number of anilines is 1. The maximum absolute atomic E-state index is 5.39. The van der Waals surface area contributed by atoms with E-state index in [1.807, 2.05) is 18.2 Å². The maximum Gasteiger partial charge on any atom is 0.0572 e. The zero-order chi connectivity index (χ0) is 12.1. The molecule has 17 heavy (non-hydrogen) atoms. The highest BCUT2D eigenvalue weighted by Crippen LogP contribution is 2.24. The Labute approximate surface area is 103 Å². The molecule has 2 heteroatoms. The van der Waals surface area contributed by atoms with Crippen LogP contribution in [-0.4, -0.2) is 19.3 Å². The Morgan fingerprint density at radius 1 is 1.29 bits per heavy atom. The number of ether oxygens (including phenoxy) is 1. The summed E-state index contributed by atoms with van der Waals surface area (Å²) >= 11 is 0. The maximum atomic E-state index is 5.39. The van der Waals surface area contributed by atoms with Crippen molar-refractivity contribution in [2.75, 3.05) is 12.4 Å². The number of benzene rings is 1. The summed E-state index contributed by atoms with van der Waals surface area (Å²) < 4.78 is 5.37. The number of hydrogen-bond acceptors (Lipinski definition) is 2. The topological polar surface area (TPSA) is 21.3 Å². The van der Waals surface area contributed by atoms with Gasteiger partial charge in [0.05, 0.1) is 6.10 Å². The third-order valence-corrected chi connectivity index (χ3v) is 3.41. The molecule has 2 nitrogen and oxygen atoms in total. The molecule has 0 bridgehead atoms. The smallest absolute Gasteiger partial charge is 0.0572 e. The number of terminal acetylenes is 1. The van der Waals surface area contributed by atoms with E-state index in [2.05, 4.69) is 17.3 Å². The van der Waals surface area contributed by atoms with Gasteiger partial charge in [0.1, 0.15) is 0 Å². The molecule has 2 rings (SSSR count). The van der Waals surface area contributed by atoms with E-state index in [1.165, 1.54) is 12.8 Å². The average molecular weight is 229 g/mol. The summed E-state index contributed by atoms with van der Waals surface area (Å²) in [6.45, 7) is 0.